The SMILES string of the molecule is CCCCCCCC/C=C\CCCCCCCCCCCC(=O)OCC(COC(=O)CCCCCCCCCCCCCCC)OC(=O)CCCCCCCCCCCCCCCC. The second-order valence-corrected chi connectivity index (χ2v) is 19.6. The highest BCUT2D eigenvalue weighted by Crippen LogP contribution is 2.17. The first-order chi connectivity index (χ1) is 31.5. The van der Waals surface area contributed by atoms with Crippen LogP contribution in [-0.4, -0.2) is 37.2 Å². The fraction of sp³-hybridized carbons (Fsp3) is 0.914. The number of hydrogen-bond donors (Lipinski definition) is 0. The molecule has 0 aliphatic carbocycles. The highest BCUT2D eigenvalue weighted by Gasteiger charge is 2.19. The van der Waals surface area contributed by atoms with E-state index in [4.69, 9.17) is 14.2 Å². The summed E-state index contributed by atoms with van der Waals surface area (Å²) in [5.74, 6) is -0.843. The topological polar surface area (TPSA) is 78.9 Å². The molecule has 0 saturated carbocycles. The highest BCUT2D eigenvalue weighted by molar-refractivity contribution is 5.71. The molecule has 0 aliphatic heterocycles. The molecule has 1 atom stereocenters. The molecule has 0 heterocycles. The van der Waals surface area contributed by atoms with Gasteiger partial charge in [-0.2, -0.15) is 0 Å². The van der Waals surface area contributed by atoms with Gasteiger partial charge in [-0.15, -0.1) is 0 Å². The van der Waals surface area contributed by atoms with Crippen LogP contribution in [0.4, 0.5) is 0 Å². The molecule has 64 heavy (non-hydrogen) atoms. The lowest BCUT2D eigenvalue weighted by molar-refractivity contribution is -0.167. The van der Waals surface area contributed by atoms with Crippen molar-refractivity contribution in [2.24, 2.45) is 0 Å². The van der Waals surface area contributed by atoms with Crippen LogP contribution in [0.2, 0.25) is 0 Å². The molecule has 378 valence electrons. The van der Waals surface area contributed by atoms with E-state index >= 15 is 0 Å². The van der Waals surface area contributed by atoms with Crippen molar-refractivity contribution in [3.05, 3.63) is 12.2 Å². The number of ether oxygens (including phenoxy) is 3. The predicted molar refractivity (Wildman–Crippen MR) is 275 cm³/mol. The fourth-order valence-electron chi connectivity index (χ4n) is 8.68. The molecule has 0 aromatic heterocycles. The Balaban J connectivity index is 4.28. The van der Waals surface area contributed by atoms with E-state index in [9.17, 15) is 14.4 Å². The van der Waals surface area contributed by atoms with E-state index in [1.54, 1.807) is 0 Å². The maximum absolute atomic E-state index is 12.8. The minimum Gasteiger partial charge on any atom is -0.462 e. The Kier molecular flexibility index (Phi) is 52.2. The van der Waals surface area contributed by atoms with Gasteiger partial charge in [-0.1, -0.05) is 270 Å². The quantitative estimate of drug-likeness (QED) is 0.0262. The van der Waals surface area contributed by atoms with Gasteiger partial charge in [0.2, 0.25) is 0 Å². The minimum atomic E-state index is -0.764. The number of esters is 3. The lowest BCUT2D eigenvalue weighted by Crippen LogP contribution is -2.30. The van der Waals surface area contributed by atoms with Crippen molar-refractivity contribution in [3.8, 4) is 0 Å². The molecule has 0 fully saturated rings. The average Bonchev–Trinajstić information content (AvgIpc) is 3.29. The van der Waals surface area contributed by atoms with E-state index in [0.717, 1.165) is 57.8 Å². The Morgan fingerprint density at radius 2 is 0.516 bits per heavy atom. The molecule has 0 aliphatic rings. The Morgan fingerprint density at radius 1 is 0.297 bits per heavy atom. The standard InChI is InChI=1S/C58H110O6/c1-4-7-10-13-16-19-22-25-27-28-29-30-31-34-36-39-42-45-48-51-57(60)63-54-55(53-62-56(59)50-47-44-41-38-35-32-24-21-18-15-12-9-6-3)64-58(61)52-49-46-43-40-37-33-26-23-20-17-14-11-8-5-2/h25,27,55H,4-24,26,28-54H2,1-3H3/b27-25-. The van der Waals surface area contributed by atoms with E-state index in [1.165, 1.54) is 225 Å². The van der Waals surface area contributed by atoms with Crippen LogP contribution < -0.4 is 0 Å². The van der Waals surface area contributed by atoms with Crippen molar-refractivity contribution < 1.29 is 28.6 Å². The van der Waals surface area contributed by atoms with E-state index in [0.29, 0.717) is 19.3 Å². The van der Waals surface area contributed by atoms with Crippen LogP contribution >= 0.6 is 0 Å². The second-order valence-electron chi connectivity index (χ2n) is 19.6. The molecule has 0 radical (unpaired) electrons. The van der Waals surface area contributed by atoms with E-state index < -0.39 is 6.10 Å². The molecular formula is C58H110O6. The molecule has 0 rings (SSSR count). The van der Waals surface area contributed by atoms with Crippen LogP contribution in [0.3, 0.4) is 0 Å². The second kappa shape index (κ2) is 53.8. The Morgan fingerprint density at radius 3 is 0.781 bits per heavy atom. The molecule has 0 aromatic carbocycles. The van der Waals surface area contributed by atoms with E-state index in [2.05, 4.69) is 32.9 Å². The molecular weight excluding hydrogens is 793 g/mol. The first kappa shape index (κ1) is 62.1. The van der Waals surface area contributed by atoms with E-state index in [-0.39, 0.29) is 31.1 Å². The number of allylic oxidation sites excluding steroid dienone is 2. The van der Waals surface area contributed by atoms with Crippen molar-refractivity contribution in [3.63, 3.8) is 0 Å². The maximum atomic E-state index is 12.8. The molecule has 0 aromatic rings. The van der Waals surface area contributed by atoms with Gasteiger partial charge in [0.25, 0.3) is 0 Å². The normalized spacial score (nSPS) is 12.0. The predicted octanol–water partition coefficient (Wildman–Crippen LogP) is 18.9. The van der Waals surface area contributed by atoms with Gasteiger partial charge < -0.3 is 14.2 Å². The third kappa shape index (κ3) is 51.1. The van der Waals surface area contributed by atoms with Crippen molar-refractivity contribution >= 4 is 17.9 Å². The summed E-state index contributed by atoms with van der Waals surface area (Å²) in [6, 6.07) is 0. The average molecular weight is 904 g/mol. The fourth-order valence-corrected chi connectivity index (χ4v) is 8.68. The maximum Gasteiger partial charge on any atom is 0.306 e. The van der Waals surface area contributed by atoms with Crippen LogP contribution in [-0.2, 0) is 28.6 Å². The highest BCUT2D eigenvalue weighted by atomic mass is 16.6. The summed E-state index contributed by atoms with van der Waals surface area (Å²) in [6.07, 6.45) is 60.5. The number of carbonyl (C=O) groups is 3. The first-order valence-corrected chi connectivity index (χ1v) is 28.7. The van der Waals surface area contributed by atoms with Gasteiger partial charge in [0.05, 0.1) is 0 Å². The van der Waals surface area contributed by atoms with Gasteiger partial charge in [-0.3, -0.25) is 14.4 Å². The molecule has 1 unspecified atom stereocenters. The zero-order valence-corrected chi connectivity index (χ0v) is 43.3. The number of rotatable bonds is 53. The van der Waals surface area contributed by atoms with Crippen molar-refractivity contribution in [1.82, 2.24) is 0 Å². The summed E-state index contributed by atoms with van der Waals surface area (Å²) in [5, 5.41) is 0. The number of unbranched alkanes of at least 4 members (excludes halogenated alkanes) is 40. The Hall–Kier alpha value is -1.85. The van der Waals surface area contributed by atoms with Gasteiger partial charge in [0, 0.05) is 19.3 Å². The largest absolute Gasteiger partial charge is 0.462 e. The lowest BCUT2D eigenvalue weighted by Gasteiger charge is -2.18. The number of carbonyl (C=O) groups excluding carboxylic acids is 3. The molecule has 0 bridgehead atoms. The summed E-state index contributed by atoms with van der Waals surface area (Å²) < 4.78 is 16.9. The van der Waals surface area contributed by atoms with Crippen LogP contribution in [0.5, 0.6) is 0 Å². The number of hydrogen-bond acceptors (Lipinski definition) is 6. The zero-order valence-electron chi connectivity index (χ0n) is 43.3. The van der Waals surface area contributed by atoms with Crippen LogP contribution in [0.25, 0.3) is 0 Å². The Bertz CT molecular complexity index is 993. The summed E-state index contributed by atoms with van der Waals surface area (Å²) in [7, 11) is 0. The Labute approximate surface area is 399 Å². The zero-order chi connectivity index (χ0) is 46.5. The van der Waals surface area contributed by atoms with Crippen molar-refractivity contribution in [1.29, 1.82) is 0 Å². The van der Waals surface area contributed by atoms with Gasteiger partial charge in [0.1, 0.15) is 13.2 Å². The smallest absolute Gasteiger partial charge is 0.306 e. The van der Waals surface area contributed by atoms with Gasteiger partial charge in [0.15, 0.2) is 6.10 Å². The van der Waals surface area contributed by atoms with Gasteiger partial charge in [-0.05, 0) is 44.9 Å². The lowest BCUT2D eigenvalue weighted by atomic mass is 10.0. The molecule has 6 nitrogen and oxygen atoms in total. The van der Waals surface area contributed by atoms with Gasteiger partial charge in [-0.25, -0.2) is 0 Å². The first-order valence-electron chi connectivity index (χ1n) is 28.7. The molecule has 0 spiro atoms. The van der Waals surface area contributed by atoms with Crippen LogP contribution in [0, 0.1) is 0 Å². The van der Waals surface area contributed by atoms with Crippen LogP contribution in [0.1, 0.15) is 323 Å². The minimum absolute atomic E-state index is 0.0645. The summed E-state index contributed by atoms with van der Waals surface area (Å²) in [5.41, 5.74) is 0. The molecule has 0 amide bonds. The molecule has 0 saturated heterocycles. The summed E-state index contributed by atoms with van der Waals surface area (Å²) in [6.45, 7) is 6.68. The van der Waals surface area contributed by atoms with Crippen LogP contribution in [0.15, 0.2) is 12.2 Å². The third-order valence-corrected chi connectivity index (χ3v) is 13.0. The van der Waals surface area contributed by atoms with Gasteiger partial charge >= 0.3 is 17.9 Å². The summed E-state index contributed by atoms with van der Waals surface area (Å²) in [4.78, 5) is 38.1. The van der Waals surface area contributed by atoms with E-state index in [1.807, 2.05) is 0 Å². The third-order valence-electron chi connectivity index (χ3n) is 13.0. The molecule has 0 N–H and O–H groups in total. The monoisotopic (exact) mass is 903 g/mol. The van der Waals surface area contributed by atoms with Crippen molar-refractivity contribution in [2.75, 3.05) is 13.2 Å². The summed E-state index contributed by atoms with van der Waals surface area (Å²) >= 11 is 0. The van der Waals surface area contributed by atoms with Crippen molar-refractivity contribution in [2.45, 2.75) is 329 Å². The molecule has 6 heteroatoms.